The molecule has 0 saturated heterocycles. The van der Waals surface area contributed by atoms with E-state index < -0.39 is 0 Å². The number of ketones is 1. The number of Topliss-reactive ketones (excluding diaryl/α,β-unsaturated/α-hetero) is 1. The third-order valence-electron chi connectivity index (χ3n) is 5.01. The normalized spacial score (nSPS) is 17.6. The predicted octanol–water partition coefficient (Wildman–Crippen LogP) is 6.21. The Balaban J connectivity index is 0.000000477. The lowest BCUT2D eigenvalue weighted by molar-refractivity contribution is -0.122. The molecule has 0 aromatic heterocycles. The van der Waals surface area contributed by atoms with Crippen molar-refractivity contribution in [3.63, 3.8) is 0 Å². The summed E-state index contributed by atoms with van der Waals surface area (Å²) in [7, 11) is 1.73. The fourth-order valence-electron chi connectivity index (χ4n) is 2.89. The third kappa shape index (κ3) is 15.6. The maximum Gasteiger partial charge on any atom is 0.290 e. The zero-order valence-corrected chi connectivity index (χ0v) is 20.8. The number of carboxylic acid groups (broad SMARTS) is 1. The van der Waals surface area contributed by atoms with Crippen molar-refractivity contribution in [1.29, 1.82) is 0 Å². The van der Waals surface area contributed by atoms with Crippen LogP contribution in [0.4, 0.5) is 0 Å². The molecule has 0 amide bonds. The zero-order chi connectivity index (χ0) is 25.1. The predicted molar refractivity (Wildman–Crippen MR) is 139 cm³/mol. The minimum Gasteiger partial charge on any atom is -0.483 e. The molecule has 1 aliphatic rings. The molecule has 2 aromatic carbocycles. The minimum atomic E-state index is -0.250. The van der Waals surface area contributed by atoms with E-state index in [4.69, 9.17) is 27.2 Å². The molecule has 0 aliphatic heterocycles. The molecule has 33 heavy (non-hydrogen) atoms. The van der Waals surface area contributed by atoms with Crippen molar-refractivity contribution >= 4 is 29.6 Å². The number of rotatable bonds is 3. The highest BCUT2D eigenvalue weighted by atomic mass is 35.5. The van der Waals surface area contributed by atoms with E-state index in [1.54, 1.807) is 20.9 Å². The van der Waals surface area contributed by atoms with Gasteiger partial charge in [-0.25, -0.2) is 0 Å². The Morgan fingerprint density at radius 2 is 1.45 bits per heavy atom. The third-order valence-corrected chi connectivity index (χ3v) is 5.26. The van der Waals surface area contributed by atoms with Gasteiger partial charge in [-0.05, 0) is 74.8 Å². The second kappa shape index (κ2) is 18.8. The molecule has 1 fully saturated rings. The van der Waals surface area contributed by atoms with E-state index in [1.807, 2.05) is 66.7 Å². The van der Waals surface area contributed by atoms with Gasteiger partial charge in [0, 0.05) is 18.1 Å². The number of carbonyl (C=O) groups is 2. The summed E-state index contributed by atoms with van der Waals surface area (Å²) in [6.07, 6.45) is 7.02. The van der Waals surface area contributed by atoms with Crippen LogP contribution in [-0.4, -0.2) is 36.2 Å². The highest BCUT2D eigenvalue weighted by molar-refractivity contribution is 6.30. The summed E-state index contributed by atoms with van der Waals surface area (Å²) >= 11 is 5.54. The molecule has 1 aliphatic carbocycles. The average Bonchev–Trinajstić information content (AvgIpc) is 2.81. The molecule has 180 valence electrons. The van der Waals surface area contributed by atoms with Gasteiger partial charge in [-0.1, -0.05) is 67.1 Å². The Kier molecular flexibility index (Phi) is 17.2. The summed E-state index contributed by atoms with van der Waals surface area (Å²) in [5.41, 5.74) is 8.28. The summed E-state index contributed by atoms with van der Waals surface area (Å²) in [5.74, 6) is 1.02. The molecule has 1 saturated carbocycles. The van der Waals surface area contributed by atoms with Gasteiger partial charge in [0.15, 0.2) is 5.78 Å². The van der Waals surface area contributed by atoms with Gasteiger partial charge in [0.05, 0.1) is 5.71 Å². The molecule has 0 heterocycles. The fourth-order valence-corrected chi connectivity index (χ4v) is 3.04. The SMILES string of the molecule is CC1CCC(N)CC1.CN=C(/C=C(/C)C(C)=O)c1ccccc1.Clc1ccccc1.O=CO. The lowest BCUT2D eigenvalue weighted by Gasteiger charge is -2.22. The largest absolute Gasteiger partial charge is 0.483 e. The van der Waals surface area contributed by atoms with Crippen LogP contribution in [0.2, 0.25) is 5.02 Å². The van der Waals surface area contributed by atoms with Crippen molar-refractivity contribution in [3.8, 4) is 0 Å². The van der Waals surface area contributed by atoms with Gasteiger partial charge < -0.3 is 10.8 Å². The van der Waals surface area contributed by atoms with Crippen LogP contribution in [0, 0.1) is 5.92 Å². The molecule has 0 unspecified atom stereocenters. The van der Waals surface area contributed by atoms with Crippen LogP contribution in [0.5, 0.6) is 0 Å². The second-order valence-corrected chi connectivity index (χ2v) is 8.22. The van der Waals surface area contributed by atoms with E-state index in [1.165, 1.54) is 25.7 Å². The first-order valence-corrected chi connectivity index (χ1v) is 11.4. The zero-order valence-electron chi connectivity index (χ0n) is 20.1. The molecule has 3 N–H and O–H groups in total. The summed E-state index contributed by atoms with van der Waals surface area (Å²) < 4.78 is 0. The number of carbonyl (C=O) groups excluding carboxylic acids is 1. The van der Waals surface area contributed by atoms with E-state index >= 15 is 0 Å². The Hall–Kier alpha value is -2.76. The van der Waals surface area contributed by atoms with Gasteiger partial charge in [0.2, 0.25) is 0 Å². The highest BCUT2D eigenvalue weighted by Crippen LogP contribution is 2.21. The van der Waals surface area contributed by atoms with Crippen LogP contribution in [0.15, 0.2) is 77.3 Å². The topological polar surface area (TPSA) is 92.8 Å². The number of hydrogen-bond acceptors (Lipinski definition) is 4. The monoisotopic (exact) mass is 472 g/mol. The minimum absolute atomic E-state index is 0.0760. The van der Waals surface area contributed by atoms with E-state index in [2.05, 4.69) is 11.9 Å². The molecule has 0 atom stereocenters. The summed E-state index contributed by atoms with van der Waals surface area (Å²) in [6, 6.07) is 19.8. The lowest BCUT2D eigenvalue weighted by atomic mass is 9.88. The van der Waals surface area contributed by atoms with Gasteiger partial charge >= 0.3 is 0 Å². The van der Waals surface area contributed by atoms with Crippen molar-refractivity contribution in [2.24, 2.45) is 16.6 Å². The maximum absolute atomic E-state index is 11.1. The van der Waals surface area contributed by atoms with Gasteiger partial charge in [-0.3, -0.25) is 14.6 Å². The summed E-state index contributed by atoms with van der Waals surface area (Å²) in [4.78, 5) is 23.6. The highest BCUT2D eigenvalue weighted by Gasteiger charge is 2.13. The summed E-state index contributed by atoms with van der Waals surface area (Å²) in [5, 5.41) is 7.68. The second-order valence-electron chi connectivity index (χ2n) is 7.78. The van der Waals surface area contributed by atoms with Crippen LogP contribution in [0.1, 0.15) is 52.0 Å². The van der Waals surface area contributed by atoms with Crippen molar-refractivity contribution in [3.05, 3.63) is 82.9 Å². The van der Waals surface area contributed by atoms with Crippen LogP contribution in [0.25, 0.3) is 0 Å². The van der Waals surface area contributed by atoms with E-state index in [0.717, 1.165) is 27.8 Å². The molecule has 5 nitrogen and oxygen atoms in total. The molecule has 3 rings (SSSR count). The van der Waals surface area contributed by atoms with Crippen molar-refractivity contribution < 1.29 is 14.7 Å². The average molecular weight is 473 g/mol. The molecular formula is C27H37ClN2O3. The standard InChI is InChI=1S/C13H15NO.C7H15N.C6H5Cl.CH2O2/c1-10(11(2)15)9-13(14-3)12-7-5-4-6-8-12;1-6-2-4-7(8)5-3-6;7-6-4-2-1-3-5-6;2-1-3/h4-9H,1-3H3;6-7H,2-5,8H2,1H3;1-5H;1H,(H,2,3)/b10-9-,14-13?;;;. The molecule has 0 radical (unpaired) electrons. The number of allylic oxidation sites excluding steroid dienone is 2. The lowest BCUT2D eigenvalue weighted by Crippen LogP contribution is -2.25. The maximum atomic E-state index is 11.1. The van der Waals surface area contributed by atoms with Crippen molar-refractivity contribution in [2.45, 2.75) is 52.5 Å². The van der Waals surface area contributed by atoms with Crippen LogP contribution in [0.3, 0.4) is 0 Å². The van der Waals surface area contributed by atoms with Gasteiger partial charge in [-0.15, -0.1) is 0 Å². The van der Waals surface area contributed by atoms with Crippen molar-refractivity contribution in [1.82, 2.24) is 0 Å². The molecule has 6 heteroatoms. The van der Waals surface area contributed by atoms with Gasteiger partial charge in [-0.2, -0.15) is 0 Å². The first-order chi connectivity index (χ1) is 15.7. The Morgan fingerprint density at radius 1 is 1.00 bits per heavy atom. The number of nitrogens with two attached hydrogens (primary N) is 1. The first kappa shape index (κ1) is 30.2. The molecule has 0 spiro atoms. The number of hydrogen-bond donors (Lipinski definition) is 2. The van der Waals surface area contributed by atoms with Crippen LogP contribution < -0.4 is 5.73 Å². The van der Waals surface area contributed by atoms with E-state index in [0.29, 0.717) is 6.04 Å². The van der Waals surface area contributed by atoms with Gasteiger partial charge in [0.25, 0.3) is 6.47 Å². The first-order valence-electron chi connectivity index (χ1n) is 11.0. The van der Waals surface area contributed by atoms with Crippen LogP contribution in [-0.2, 0) is 9.59 Å². The van der Waals surface area contributed by atoms with Crippen molar-refractivity contribution in [2.75, 3.05) is 7.05 Å². The van der Waals surface area contributed by atoms with E-state index in [9.17, 15) is 4.79 Å². The van der Waals surface area contributed by atoms with Crippen LogP contribution >= 0.6 is 11.6 Å². The van der Waals surface area contributed by atoms with E-state index in [-0.39, 0.29) is 12.3 Å². The number of aliphatic imine (C=N–C) groups is 1. The number of benzene rings is 2. The number of halogens is 1. The molecule has 2 aromatic rings. The number of nitrogens with zero attached hydrogens (tertiary/aromatic N) is 1. The molecule has 0 bridgehead atoms. The molecular weight excluding hydrogens is 436 g/mol. The quantitative estimate of drug-likeness (QED) is 0.315. The summed E-state index contributed by atoms with van der Waals surface area (Å²) in [6.45, 7) is 5.42. The Labute approximate surface area is 203 Å². The van der Waals surface area contributed by atoms with Gasteiger partial charge in [0.1, 0.15) is 0 Å². The Morgan fingerprint density at radius 3 is 1.79 bits per heavy atom. The fraction of sp³-hybridized carbons (Fsp3) is 0.370. The smallest absolute Gasteiger partial charge is 0.290 e. The Bertz CT molecular complexity index is 834.